The molecule has 1 aromatic carbocycles. The minimum absolute atomic E-state index is 0.0268. The van der Waals surface area contributed by atoms with Gasteiger partial charge in [-0.05, 0) is 42.3 Å². The number of hydrogen-bond donors (Lipinski definition) is 1. The Balaban J connectivity index is 1.77. The Labute approximate surface area is 146 Å². The lowest BCUT2D eigenvalue weighted by Crippen LogP contribution is -2.48. The number of nitrogens with one attached hydrogen (secondary N) is 1. The number of likely N-dealkylation sites (tertiary alicyclic amines) is 1. The lowest BCUT2D eigenvalue weighted by molar-refractivity contribution is -0.132. The molecule has 1 fully saturated rings. The van der Waals surface area contributed by atoms with Gasteiger partial charge in [-0.15, -0.1) is 11.3 Å². The second-order valence-electron chi connectivity index (χ2n) is 6.18. The minimum atomic E-state index is -0.514. The Hall–Kier alpha value is -2.14. The average Bonchev–Trinajstić information content (AvgIpc) is 3.26. The van der Waals surface area contributed by atoms with Gasteiger partial charge in [-0.2, -0.15) is 0 Å². The fraction of sp³-hybridized carbons (Fsp3) is 0.368. The molecule has 3 rings (SSSR count). The minimum Gasteiger partial charge on any atom is -0.341 e. The molecular formula is C19H22N2O2S. The third-order valence-electron chi connectivity index (χ3n) is 4.37. The number of hydrogen-bond acceptors (Lipinski definition) is 3. The fourth-order valence-electron chi connectivity index (χ4n) is 3.04. The third kappa shape index (κ3) is 3.85. The molecular weight excluding hydrogens is 320 g/mol. The van der Waals surface area contributed by atoms with E-state index in [1.165, 1.54) is 11.3 Å². The van der Waals surface area contributed by atoms with E-state index in [1.807, 2.05) is 53.6 Å². The van der Waals surface area contributed by atoms with Gasteiger partial charge in [0, 0.05) is 19.5 Å². The Bertz CT molecular complexity index is 705. The zero-order chi connectivity index (χ0) is 16.9. The van der Waals surface area contributed by atoms with Gasteiger partial charge in [0.1, 0.15) is 6.04 Å². The first-order valence-electron chi connectivity index (χ1n) is 8.33. The average molecular weight is 342 g/mol. The van der Waals surface area contributed by atoms with Crippen molar-refractivity contribution in [1.29, 1.82) is 0 Å². The third-order valence-corrected chi connectivity index (χ3v) is 5.39. The second kappa shape index (κ2) is 7.62. The smallest absolute Gasteiger partial charge is 0.262 e. The maximum absolute atomic E-state index is 12.9. The van der Waals surface area contributed by atoms with Gasteiger partial charge >= 0.3 is 0 Å². The Morgan fingerprint density at radius 3 is 2.50 bits per heavy atom. The normalized spacial score (nSPS) is 15.3. The van der Waals surface area contributed by atoms with Crippen LogP contribution in [0.25, 0.3) is 0 Å². The van der Waals surface area contributed by atoms with Gasteiger partial charge in [0.15, 0.2) is 0 Å². The lowest BCUT2D eigenvalue weighted by Gasteiger charge is -2.24. The zero-order valence-corrected chi connectivity index (χ0v) is 14.6. The highest BCUT2D eigenvalue weighted by molar-refractivity contribution is 7.12. The molecule has 0 aliphatic carbocycles. The molecule has 2 aromatic rings. The summed E-state index contributed by atoms with van der Waals surface area (Å²) in [4.78, 5) is 28.0. The van der Waals surface area contributed by atoms with Crippen LogP contribution in [0, 0.1) is 6.92 Å². The first-order valence-corrected chi connectivity index (χ1v) is 9.21. The van der Waals surface area contributed by atoms with Gasteiger partial charge < -0.3 is 10.2 Å². The molecule has 126 valence electrons. The first kappa shape index (κ1) is 16.7. The number of rotatable bonds is 5. The lowest BCUT2D eigenvalue weighted by atomic mass is 10.0. The van der Waals surface area contributed by atoms with Gasteiger partial charge in [-0.1, -0.05) is 30.3 Å². The summed E-state index contributed by atoms with van der Waals surface area (Å²) < 4.78 is 0. The number of thiophene rings is 1. The summed E-state index contributed by atoms with van der Waals surface area (Å²) in [5, 5.41) is 4.87. The maximum Gasteiger partial charge on any atom is 0.262 e. The Morgan fingerprint density at radius 2 is 1.88 bits per heavy atom. The topological polar surface area (TPSA) is 49.4 Å². The molecule has 0 bridgehead atoms. The van der Waals surface area contributed by atoms with E-state index in [1.54, 1.807) is 0 Å². The van der Waals surface area contributed by atoms with Crippen LogP contribution in [-0.2, 0) is 11.2 Å². The highest BCUT2D eigenvalue weighted by Crippen LogP contribution is 2.17. The van der Waals surface area contributed by atoms with Crippen LogP contribution < -0.4 is 5.32 Å². The highest BCUT2D eigenvalue weighted by Gasteiger charge is 2.28. The van der Waals surface area contributed by atoms with Gasteiger partial charge in [-0.3, -0.25) is 9.59 Å². The Morgan fingerprint density at radius 1 is 1.17 bits per heavy atom. The van der Waals surface area contributed by atoms with Crippen molar-refractivity contribution in [2.45, 2.75) is 32.2 Å². The molecule has 1 N–H and O–H groups in total. The number of benzene rings is 1. The number of amides is 2. The van der Waals surface area contributed by atoms with Crippen LogP contribution in [0.15, 0.2) is 41.8 Å². The summed E-state index contributed by atoms with van der Waals surface area (Å²) in [6.07, 6.45) is 2.61. The quantitative estimate of drug-likeness (QED) is 0.908. The van der Waals surface area contributed by atoms with Gasteiger partial charge in [0.25, 0.3) is 5.91 Å². The Kier molecular flexibility index (Phi) is 5.30. The van der Waals surface area contributed by atoms with E-state index in [0.717, 1.165) is 37.1 Å². The molecule has 1 saturated heterocycles. The van der Waals surface area contributed by atoms with Crippen LogP contribution in [-0.4, -0.2) is 35.8 Å². The van der Waals surface area contributed by atoms with Crippen molar-refractivity contribution in [3.63, 3.8) is 0 Å². The van der Waals surface area contributed by atoms with Gasteiger partial charge in [0.05, 0.1) is 4.88 Å². The molecule has 1 aliphatic rings. The summed E-state index contributed by atoms with van der Waals surface area (Å²) in [5.41, 5.74) is 2.00. The summed E-state index contributed by atoms with van der Waals surface area (Å²) in [5.74, 6) is -0.130. The fourth-order valence-corrected chi connectivity index (χ4v) is 3.87. The van der Waals surface area contributed by atoms with E-state index < -0.39 is 6.04 Å². The van der Waals surface area contributed by atoms with Crippen molar-refractivity contribution in [1.82, 2.24) is 10.2 Å². The molecule has 1 aliphatic heterocycles. The van der Waals surface area contributed by atoms with Crippen molar-refractivity contribution in [3.8, 4) is 0 Å². The van der Waals surface area contributed by atoms with Crippen molar-refractivity contribution in [2.24, 2.45) is 0 Å². The molecule has 0 saturated carbocycles. The molecule has 4 nitrogen and oxygen atoms in total. The predicted octanol–water partition coefficient (Wildman–Crippen LogP) is 3.02. The number of nitrogens with zero attached hydrogens (tertiary/aromatic N) is 1. The molecule has 2 heterocycles. The van der Waals surface area contributed by atoms with Crippen molar-refractivity contribution < 1.29 is 9.59 Å². The van der Waals surface area contributed by atoms with E-state index in [2.05, 4.69) is 5.32 Å². The highest BCUT2D eigenvalue weighted by atomic mass is 32.1. The van der Waals surface area contributed by atoms with Crippen molar-refractivity contribution in [2.75, 3.05) is 13.1 Å². The van der Waals surface area contributed by atoms with Crippen LogP contribution in [0.4, 0.5) is 0 Å². The van der Waals surface area contributed by atoms with E-state index in [4.69, 9.17) is 0 Å². The molecule has 0 spiro atoms. The van der Waals surface area contributed by atoms with Crippen molar-refractivity contribution >= 4 is 23.2 Å². The molecule has 24 heavy (non-hydrogen) atoms. The second-order valence-corrected chi connectivity index (χ2v) is 7.10. The van der Waals surface area contributed by atoms with E-state index in [-0.39, 0.29) is 11.8 Å². The monoisotopic (exact) mass is 342 g/mol. The van der Waals surface area contributed by atoms with Crippen LogP contribution in [0.3, 0.4) is 0 Å². The predicted molar refractivity (Wildman–Crippen MR) is 96.3 cm³/mol. The molecule has 0 unspecified atom stereocenters. The van der Waals surface area contributed by atoms with Gasteiger partial charge in [0.2, 0.25) is 5.91 Å². The SMILES string of the molecule is Cc1ccsc1C(=O)N[C@H](Cc1ccccc1)C(=O)N1CCCC1. The molecule has 1 atom stereocenters. The van der Waals surface area contributed by atoms with Crippen LogP contribution in [0.5, 0.6) is 0 Å². The number of carbonyl (C=O) groups excluding carboxylic acids is 2. The van der Waals surface area contributed by atoms with Crippen molar-refractivity contribution in [3.05, 3.63) is 57.8 Å². The first-order chi connectivity index (χ1) is 11.6. The molecule has 2 amide bonds. The summed E-state index contributed by atoms with van der Waals surface area (Å²) in [7, 11) is 0. The molecule has 5 heteroatoms. The van der Waals surface area contributed by atoms with Crippen LogP contribution in [0.1, 0.15) is 33.6 Å². The largest absolute Gasteiger partial charge is 0.341 e. The van der Waals surface area contributed by atoms with Crippen LogP contribution in [0.2, 0.25) is 0 Å². The summed E-state index contributed by atoms with van der Waals surface area (Å²) >= 11 is 1.41. The molecule has 1 aromatic heterocycles. The number of aryl methyl sites for hydroxylation is 1. The van der Waals surface area contributed by atoms with E-state index >= 15 is 0 Å². The summed E-state index contributed by atoms with van der Waals surface area (Å²) in [6.45, 7) is 3.50. The van der Waals surface area contributed by atoms with E-state index in [0.29, 0.717) is 11.3 Å². The molecule has 0 radical (unpaired) electrons. The van der Waals surface area contributed by atoms with E-state index in [9.17, 15) is 9.59 Å². The van der Waals surface area contributed by atoms with Gasteiger partial charge in [-0.25, -0.2) is 0 Å². The standard InChI is InChI=1S/C19H22N2O2S/c1-14-9-12-24-17(14)18(22)20-16(13-15-7-3-2-4-8-15)19(23)21-10-5-6-11-21/h2-4,7-9,12,16H,5-6,10-11,13H2,1H3,(H,20,22)/t16-/m1/s1. The van der Waals surface area contributed by atoms with Crippen LogP contribution >= 0.6 is 11.3 Å². The number of carbonyl (C=O) groups is 2. The zero-order valence-electron chi connectivity index (χ0n) is 13.8. The maximum atomic E-state index is 12.9. The summed E-state index contributed by atoms with van der Waals surface area (Å²) in [6, 6.07) is 11.3.